The van der Waals surface area contributed by atoms with Gasteiger partial charge in [-0.3, -0.25) is 33.8 Å². The number of likely N-dealkylation sites (tertiary alicyclic amines) is 2. The van der Waals surface area contributed by atoms with Crippen molar-refractivity contribution in [2.75, 3.05) is 108 Å². The number of piperazine rings is 1. The van der Waals surface area contributed by atoms with Crippen LogP contribution in [0.15, 0.2) is 147 Å². The van der Waals surface area contributed by atoms with E-state index in [1.807, 2.05) is 112 Å². The molecule has 0 spiro atoms. The number of halogens is 4. The third-order valence-electron chi connectivity index (χ3n) is 22.4. The lowest BCUT2D eigenvalue weighted by Crippen LogP contribution is -2.57. The summed E-state index contributed by atoms with van der Waals surface area (Å²) in [7, 11) is -11.0. The van der Waals surface area contributed by atoms with Gasteiger partial charge in [-0.2, -0.15) is 13.2 Å². The Morgan fingerprint density at radius 1 is 0.752 bits per heavy atom. The fourth-order valence-corrected chi connectivity index (χ4v) is 20.0. The smallest absolute Gasteiger partial charge is 0.380 e. The highest BCUT2D eigenvalue weighted by atomic mass is 35.5. The Morgan fingerprint density at radius 3 is 2.10 bits per heavy atom. The zero-order valence-electron chi connectivity index (χ0n) is 65.6. The number of alkyl halides is 3. The normalized spacial score (nSPS) is 20.0. The standard InChI is InChI=1S/C84H109ClF3N11O10S4/c1-58(60-23-25-62(26-24-60)77-59(2)89-57-111-77)90-80(103)73-20-16-41-99(73)81(104)78(82(3,4)5)93-76(101)22-14-9-7-8-13-21-75(100)92-66-17-15-40-97(54-66)56-83(6)39-37-71(61-27-31-65(85)32-28-61)64(52-83)53-96-43-45-98(46-44-96)68-33-29-63(30-34-68)79(102)94-113(107,108)70-35-36-72(74(51-70)112(105,106)84(86,87)88)91-67(38-42-95-47-49-109-50-48-95)55-110-69-18-11-10-12-19-69/h10-12,18-19,23-36,51,57-58,66-67,73,78,91H,7-9,13-17,20-22,37-50,52-56H2,1-6H3,(H,90,103)(H,92,100)(H,93,101)(H,94,102)/t58-,66+,67+,73-,78?,83?/m0/s1. The van der Waals surface area contributed by atoms with Crippen molar-refractivity contribution in [2.45, 2.75) is 188 Å². The molecule has 5 amide bonds. The largest absolute Gasteiger partial charge is 0.501 e. The summed E-state index contributed by atoms with van der Waals surface area (Å²) in [6, 6.07) is 32.2. The van der Waals surface area contributed by atoms with Crippen LogP contribution in [0.2, 0.25) is 5.02 Å². The highest BCUT2D eigenvalue weighted by molar-refractivity contribution is 7.99. The van der Waals surface area contributed by atoms with Crippen molar-refractivity contribution in [1.29, 1.82) is 0 Å². The molecule has 5 aromatic carbocycles. The summed E-state index contributed by atoms with van der Waals surface area (Å²) in [6.07, 6.45) is 11.0. The summed E-state index contributed by atoms with van der Waals surface area (Å²) in [6.45, 7) is 21.7. The third-order valence-corrected chi connectivity index (χ3v) is 27.6. The first-order valence-corrected chi connectivity index (χ1v) is 44.8. The maximum Gasteiger partial charge on any atom is 0.501 e. The lowest BCUT2D eigenvalue weighted by Gasteiger charge is -2.44. The first kappa shape index (κ1) is 86.4. The molecule has 113 heavy (non-hydrogen) atoms. The molecule has 4 aliphatic heterocycles. The topological polar surface area (TPSA) is 252 Å². The second kappa shape index (κ2) is 39.0. The lowest BCUT2D eigenvalue weighted by atomic mass is 9.71. The van der Waals surface area contributed by atoms with Crippen molar-refractivity contribution >= 4 is 101 Å². The zero-order chi connectivity index (χ0) is 80.7. The van der Waals surface area contributed by atoms with Gasteiger partial charge in [0.1, 0.15) is 17.0 Å². The van der Waals surface area contributed by atoms with Crippen LogP contribution in [0.1, 0.15) is 164 Å². The van der Waals surface area contributed by atoms with Crippen molar-refractivity contribution in [3.05, 3.63) is 160 Å². The average Bonchev–Trinajstić information content (AvgIpc) is 1.60. The number of ether oxygens (including phenoxy) is 1. The van der Waals surface area contributed by atoms with Gasteiger partial charge in [-0.1, -0.05) is 119 Å². The van der Waals surface area contributed by atoms with E-state index in [0.29, 0.717) is 101 Å². The number of benzene rings is 5. The summed E-state index contributed by atoms with van der Waals surface area (Å²) in [5.74, 6) is -1.29. The van der Waals surface area contributed by atoms with Crippen molar-refractivity contribution in [1.82, 2.24) is 45.3 Å². The van der Waals surface area contributed by atoms with Crippen LogP contribution in [0.25, 0.3) is 16.0 Å². The molecule has 0 radical (unpaired) electrons. The number of piperidine rings is 1. The Hall–Kier alpha value is -7.41. The minimum atomic E-state index is -6.11. The number of anilines is 2. The fraction of sp³-hybridized carbons (Fsp3) is 0.524. The first-order chi connectivity index (χ1) is 53.9. The molecule has 1 aromatic heterocycles. The molecule has 4 fully saturated rings. The van der Waals surface area contributed by atoms with E-state index >= 15 is 0 Å². The molecular formula is C84H109ClF3N11O10S4. The zero-order valence-corrected chi connectivity index (χ0v) is 69.7. The molecule has 29 heteroatoms. The number of amides is 5. The van der Waals surface area contributed by atoms with Crippen molar-refractivity contribution in [3.63, 3.8) is 0 Å². The summed E-state index contributed by atoms with van der Waals surface area (Å²) in [5, 5.41) is 13.2. The van der Waals surface area contributed by atoms with Gasteiger partial charge in [-0.05, 0) is 184 Å². The number of morpholine rings is 1. The van der Waals surface area contributed by atoms with E-state index in [0.717, 1.165) is 147 Å². The van der Waals surface area contributed by atoms with Crippen LogP contribution in [0.5, 0.6) is 0 Å². The summed E-state index contributed by atoms with van der Waals surface area (Å²) < 4.78 is 105. The second-order valence-electron chi connectivity index (χ2n) is 32.2. The van der Waals surface area contributed by atoms with Gasteiger partial charge in [0.25, 0.3) is 25.8 Å². The van der Waals surface area contributed by atoms with Gasteiger partial charge in [-0.15, -0.1) is 23.1 Å². The van der Waals surface area contributed by atoms with E-state index in [9.17, 15) is 54.0 Å². The summed E-state index contributed by atoms with van der Waals surface area (Å²) in [5.41, 5.74) is 2.68. The minimum absolute atomic E-state index is 0.0270. The Morgan fingerprint density at radius 2 is 1.42 bits per heavy atom. The van der Waals surface area contributed by atoms with Gasteiger partial charge < -0.3 is 40.7 Å². The van der Waals surface area contributed by atoms with Gasteiger partial charge >= 0.3 is 5.51 Å². The molecule has 21 nitrogen and oxygen atoms in total. The third kappa shape index (κ3) is 23.7. The average molecular weight is 1650 g/mol. The number of nitrogens with one attached hydrogen (secondary N) is 5. The van der Waals surface area contributed by atoms with Gasteiger partial charge in [0.2, 0.25) is 23.6 Å². The maximum atomic E-state index is 14.4. The van der Waals surface area contributed by atoms with Crippen molar-refractivity contribution in [3.8, 4) is 10.4 Å². The number of aromatic nitrogens is 1. The SMILES string of the molecule is Cc1ncsc1-c1ccc([C@H](C)NC(=O)[C@@H]2CCCN2C(=O)C(NC(=O)CCCCCCCC(=O)N[C@@H]2CCCN(CC3(C)CCC(c4ccc(Cl)cc4)=C(CN4CCN(c5ccc(C(=O)NS(=O)(=O)c6ccc(N[C@H](CCN7CCOCC7)CSc7ccccc7)c(S(=O)(=O)C(F)(F)F)c6)cc5)CC4)C3)C2)C(C)(C)C)cc1. The number of allylic oxidation sites excluding steroid dienone is 1. The van der Waals surface area contributed by atoms with Gasteiger partial charge in [-0.25, -0.2) is 26.5 Å². The second-order valence-corrected chi connectivity index (χ2v) is 38.2. The molecule has 1 aliphatic carbocycles. The Balaban J connectivity index is 0.615. The summed E-state index contributed by atoms with van der Waals surface area (Å²) in [4.78, 5) is 83.9. The monoisotopic (exact) mass is 1650 g/mol. The number of hydrogen-bond donors (Lipinski definition) is 5. The van der Waals surface area contributed by atoms with Crippen LogP contribution in [-0.4, -0.2) is 198 Å². The van der Waals surface area contributed by atoms with E-state index < -0.39 is 70.3 Å². The van der Waals surface area contributed by atoms with Gasteiger partial charge in [0, 0.05) is 124 Å². The summed E-state index contributed by atoms with van der Waals surface area (Å²) >= 11 is 9.45. The Kier molecular flexibility index (Phi) is 29.9. The van der Waals surface area contributed by atoms with Crippen LogP contribution in [0.3, 0.4) is 0 Å². The predicted molar refractivity (Wildman–Crippen MR) is 441 cm³/mol. The number of hydrogen-bond acceptors (Lipinski definition) is 18. The molecule has 0 bridgehead atoms. The predicted octanol–water partition coefficient (Wildman–Crippen LogP) is 14.0. The van der Waals surface area contributed by atoms with Crippen molar-refractivity contribution in [2.24, 2.45) is 10.8 Å². The van der Waals surface area contributed by atoms with Crippen molar-refractivity contribution < 1.29 is 58.7 Å². The van der Waals surface area contributed by atoms with E-state index in [1.165, 1.54) is 35.0 Å². The minimum Gasteiger partial charge on any atom is -0.380 e. The highest BCUT2D eigenvalue weighted by Crippen LogP contribution is 2.45. The molecule has 5 N–H and O–H groups in total. The molecule has 6 aromatic rings. The van der Waals surface area contributed by atoms with E-state index in [2.05, 4.69) is 64.9 Å². The molecule has 4 saturated heterocycles. The number of unbranched alkanes of at least 4 members (excludes halogenated alkanes) is 4. The number of sulfone groups is 1. The molecule has 11 rings (SSSR count). The lowest BCUT2D eigenvalue weighted by molar-refractivity contribution is -0.144. The maximum absolute atomic E-state index is 14.4. The quantitative estimate of drug-likeness (QED) is 0.0190. The number of thiazole rings is 1. The molecule has 0 saturated carbocycles. The number of aryl methyl sites for hydroxylation is 1. The van der Waals surface area contributed by atoms with Gasteiger partial charge in [0.15, 0.2) is 0 Å². The van der Waals surface area contributed by atoms with Crippen LogP contribution in [0.4, 0.5) is 24.5 Å². The van der Waals surface area contributed by atoms with Gasteiger partial charge in [0.05, 0.1) is 45.9 Å². The molecular weight excluding hydrogens is 1540 g/mol. The van der Waals surface area contributed by atoms with Crippen LogP contribution >= 0.6 is 34.7 Å². The van der Waals surface area contributed by atoms with Crippen LogP contribution in [-0.2, 0) is 43.8 Å². The Labute approximate surface area is 677 Å². The molecule has 612 valence electrons. The van der Waals surface area contributed by atoms with E-state index in [-0.39, 0.29) is 53.1 Å². The van der Waals surface area contributed by atoms with E-state index in [4.69, 9.17) is 16.3 Å². The molecule has 5 aliphatic rings. The van der Waals surface area contributed by atoms with Crippen LogP contribution < -0.4 is 30.9 Å². The fourth-order valence-electron chi connectivity index (χ4n) is 16.0. The number of carbonyl (C=O) groups is 5. The number of nitrogens with zero attached hydrogens (tertiary/aromatic N) is 6. The first-order valence-electron chi connectivity index (χ1n) is 39.6. The highest BCUT2D eigenvalue weighted by Gasteiger charge is 2.49. The Bertz CT molecular complexity index is 4500. The molecule has 6 atom stereocenters. The van der Waals surface area contributed by atoms with E-state index in [1.54, 1.807) is 28.4 Å². The number of sulfonamides is 1. The number of carbonyl (C=O) groups excluding carboxylic acids is 5. The molecule has 5 heterocycles. The molecule has 2 unspecified atom stereocenters. The van der Waals surface area contributed by atoms with Crippen LogP contribution in [0, 0.1) is 17.8 Å². The number of rotatable bonds is 33. The number of thioether (sulfide) groups is 1.